The van der Waals surface area contributed by atoms with Crippen molar-refractivity contribution in [1.29, 1.82) is 0 Å². The molecule has 0 heterocycles. The van der Waals surface area contributed by atoms with Crippen molar-refractivity contribution in [2.45, 2.75) is 45.6 Å². The van der Waals surface area contributed by atoms with Crippen molar-refractivity contribution in [2.24, 2.45) is 0 Å². The molecule has 1 aromatic rings. The molecule has 1 aromatic carbocycles. The van der Waals surface area contributed by atoms with Gasteiger partial charge in [0, 0.05) is 12.1 Å². The number of carbonyl (C=O) groups is 1. The van der Waals surface area contributed by atoms with Crippen LogP contribution in [0.25, 0.3) is 0 Å². The van der Waals surface area contributed by atoms with Crippen LogP contribution in [0.15, 0.2) is 24.3 Å². The summed E-state index contributed by atoms with van der Waals surface area (Å²) in [6.07, 6.45) is 2.10. The van der Waals surface area contributed by atoms with Crippen molar-refractivity contribution in [1.82, 2.24) is 5.32 Å². The van der Waals surface area contributed by atoms with Crippen LogP contribution >= 0.6 is 0 Å². The third-order valence-corrected chi connectivity index (χ3v) is 3.54. The van der Waals surface area contributed by atoms with E-state index in [1.54, 1.807) is 0 Å². The molecular weight excluding hydrogens is 226 g/mol. The monoisotopic (exact) mass is 249 g/mol. The van der Waals surface area contributed by atoms with E-state index in [1.807, 2.05) is 45.0 Å². The van der Waals surface area contributed by atoms with Gasteiger partial charge in [0.15, 0.2) is 0 Å². The average molecular weight is 249 g/mol. The minimum absolute atomic E-state index is 0.104. The first-order valence-corrected chi connectivity index (χ1v) is 6.64. The Morgan fingerprint density at radius 3 is 2.39 bits per heavy atom. The molecule has 0 saturated carbocycles. The van der Waals surface area contributed by atoms with E-state index in [0.29, 0.717) is 24.9 Å². The van der Waals surface area contributed by atoms with Crippen molar-refractivity contribution in [3.05, 3.63) is 35.4 Å². The molecule has 0 fully saturated rings. The summed E-state index contributed by atoms with van der Waals surface area (Å²) in [5.74, 6) is -0.104. The van der Waals surface area contributed by atoms with E-state index in [0.717, 1.165) is 12.0 Å². The Kier molecular flexibility index (Phi) is 5.35. The van der Waals surface area contributed by atoms with Crippen LogP contribution < -0.4 is 5.32 Å². The molecule has 0 unspecified atom stereocenters. The molecule has 0 spiro atoms. The quantitative estimate of drug-likeness (QED) is 0.814. The number of carbonyl (C=O) groups excluding carboxylic acids is 1. The van der Waals surface area contributed by atoms with Gasteiger partial charge in [0.2, 0.25) is 0 Å². The zero-order valence-corrected chi connectivity index (χ0v) is 11.5. The third kappa shape index (κ3) is 3.57. The molecule has 0 aliphatic heterocycles. The van der Waals surface area contributed by atoms with Crippen molar-refractivity contribution in [2.75, 3.05) is 6.54 Å². The smallest absolute Gasteiger partial charge is 0.251 e. The van der Waals surface area contributed by atoms with Gasteiger partial charge in [0.05, 0.1) is 5.60 Å². The SMILES string of the molecule is CCc1ccccc1C(=O)NCC(O)(CC)CC. The summed E-state index contributed by atoms with van der Waals surface area (Å²) in [6, 6.07) is 7.58. The van der Waals surface area contributed by atoms with Crippen LogP contribution in [-0.4, -0.2) is 23.2 Å². The lowest BCUT2D eigenvalue weighted by molar-refractivity contribution is 0.0314. The fourth-order valence-corrected chi connectivity index (χ4v) is 1.89. The molecule has 1 amide bonds. The van der Waals surface area contributed by atoms with Crippen LogP contribution in [0.1, 0.15) is 49.5 Å². The lowest BCUT2D eigenvalue weighted by atomic mass is 9.97. The van der Waals surface area contributed by atoms with Crippen LogP contribution in [-0.2, 0) is 6.42 Å². The second-order valence-electron chi connectivity index (χ2n) is 4.62. The minimum atomic E-state index is -0.795. The molecule has 0 aliphatic carbocycles. The van der Waals surface area contributed by atoms with Crippen molar-refractivity contribution >= 4 is 5.91 Å². The molecular formula is C15H23NO2. The Morgan fingerprint density at radius 2 is 1.83 bits per heavy atom. The molecule has 0 aliphatic rings. The zero-order chi connectivity index (χ0) is 13.6. The Morgan fingerprint density at radius 1 is 1.22 bits per heavy atom. The lowest BCUT2D eigenvalue weighted by Gasteiger charge is -2.25. The maximum absolute atomic E-state index is 12.1. The second kappa shape index (κ2) is 6.55. The molecule has 0 bridgehead atoms. The first kappa shape index (κ1) is 14.7. The van der Waals surface area contributed by atoms with Gasteiger partial charge in [0.25, 0.3) is 5.91 Å². The highest BCUT2D eigenvalue weighted by molar-refractivity contribution is 5.95. The molecule has 100 valence electrons. The van der Waals surface area contributed by atoms with Gasteiger partial charge in [-0.3, -0.25) is 4.79 Å². The predicted octanol–water partition coefficient (Wildman–Crippen LogP) is 2.53. The summed E-state index contributed by atoms with van der Waals surface area (Å²) in [5, 5.41) is 13.0. The first-order valence-electron chi connectivity index (χ1n) is 6.64. The van der Waals surface area contributed by atoms with Crippen molar-refractivity contribution < 1.29 is 9.90 Å². The molecule has 2 N–H and O–H groups in total. The van der Waals surface area contributed by atoms with Crippen molar-refractivity contribution in [3.63, 3.8) is 0 Å². The molecule has 0 atom stereocenters. The standard InChI is InChI=1S/C15H23NO2/c1-4-12-9-7-8-10-13(12)14(17)16-11-15(18,5-2)6-3/h7-10,18H,4-6,11H2,1-3H3,(H,16,17). The Labute approximate surface area is 109 Å². The van der Waals surface area contributed by atoms with Gasteiger partial charge < -0.3 is 10.4 Å². The zero-order valence-electron chi connectivity index (χ0n) is 11.5. The van der Waals surface area contributed by atoms with Crippen LogP contribution in [0.3, 0.4) is 0 Å². The minimum Gasteiger partial charge on any atom is -0.388 e. The number of hydrogen-bond acceptors (Lipinski definition) is 2. The Hall–Kier alpha value is -1.35. The van der Waals surface area contributed by atoms with Crippen LogP contribution in [0, 0.1) is 0 Å². The third-order valence-electron chi connectivity index (χ3n) is 3.54. The molecule has 3 nitrogen and oxygen atoms in total. The fraction of sp³-hybridized carbons (Fsp3) is 0.533. The van der Waals surface area contributed by atoms with E-state index in [4.69, 9.17) is 0 Å². The van der Waals surface area contributed by atoms with E-state index in [-0.39, 0.29) is 5.91 Å². The molecule has 18 heavy (non-hydrogen) atoms. The second-order valence-corrected chi connectivity index (χ2v) is 4.62. The largest absolute Gasteiger partial charge is 0.388 e. The van der Waals surface area contributed by atoms with E-state index >= 15 is 0 Å². The summed E-state index contributed by atoms with van der Waals surface area (Å²) < 4.78 is 0. The lowest BCUT2D eigenvalue weighted by Crippen LogP contribution is -2.42. The maximum atomic E-state index is 12.1. The fourth-order valence-electron chi connectivity index (χ4n) is 1.89. The van der Waals surface area contributed by atoms with Gasteiger partial charge in [0.1, 0.15) is 0 Å². The van der Waals surface area contributed by atoms with Crippen LogP contribution in [0.2, 0.25) is 0 Å². The van der Waals surface area contributed by atoms with Gasteiger partial charge in [-0.1, -0.05) is 39.0 Å². The van der Waals surface area contributed by atoms with Gasteiger partial charge in [-0.15, -0.1) is 0 Å². The highest BCUT2D eigenvalue weighted by Gasteiger charge is 2.23. The maximum Gasteiger partial charge on any atom is 0.251 e. The van der Waals surface area contributed by atoms with Gasteiger partial charge in [-0.2, -0.15) is 0 Å². The Balaban J connectivity index is 2.71. The Bertz CT molecular complexity index is 397. The number of nitrogens with one attached hydrogen (secondary N) is 1. The van der Waals surface area contributed by atoms with E-state index < -0.39 is 5.60 Å². The first-order chi connectivity index (χ1) is 8.56. The number of hydrogen-bond donors (Lipinski definition) is 2. The molecule has 3 heteroatoms. The van der Waals surface area contributed by atoms with Gasteiger partial charge >= 0.3 is 0 Å². The number of benzene rings is 1. The van der Waals surface area contributed by atoms with E-state index in [9.17, 15) is 9.90 Å². The number of amides is 1. The number of aliphatic hydroxyl groups is 1. The normalized spacial score (nSPS) is 11.3. The molecule has 0 aromatic heterocycles. The van der Waals surface area contributed by atoms with Gasteiger partial charge in [-0.25, -0.2) is 0 Å². The summed E-state index contributed by atoms with van der Waals surface area (Å²) in [7, 11) is 0. The summed E-state index contributed by atoms with van der Waals surface area (Å²) in [4.78, 5) is 12.1. The molecule has 0 saturated heterocycles. The summed E-state index contributed by atoms with van der Waals surface area (Å²) in [6.45, 7) is 6.18. The number of rotatable bonds is 6. The average Bonchev–Trinajstić information content (AvgIpc) is 2.44. The molecule has 0 radical (unpaired) electrons. The summed E-state index contributed by atoms with van der Waals surface area (Å²) >= 11 is 0. The van der Waals surface area contributed by atoms with Crippen molar-refractivity contribution in [3.8, 4) is 0 Å². The summed E-state index contributed by atoms with van der Waals surface area (Å²) in [5.41, 5.74) is 0.942. The van der Waals surface area contributed by atoms with E-state index in [1.165, 1.54) is 0 Å². The van der Waals surface area contributed by atoms with Crippen LogP contribution in [0.4, 0.5) is 0 Å². The highest BCUT2D eigenvalue weighted by atomic mass is 16.3. The molecule has 1 rings (SSSR count). The topological polar surface area (TPSA) is 49.3 Å². The number of aryl methyl sites for hydroxylation is 1. The van der Waals surface area contributed by atoms with Crippen LogP contribution in [0.5, 0.6) is 0 Å². The predicted molar refractivity (Wildman–Crippen MR) is 73.7 cm³/mol. The highest BCUT2D eigenvalue weighted by Crippen LogP contribution is 2.14. The van der Waals surface area contributed by atoms with E-state index in [2.05, 4.69) is 5.32 Å². The van der Waals surface area contributed by atoms with Gasteiger partial charge in [-0.05, 0) is 30.9 Å².